The molecule has 18 heavy (non-hydrogen) atoms. The van der Waals surface area contributed by atoms with Crippen LogP contribution in [0.3, 0.4) is 0 Å². The first-order chi connectivity index (χ1) is 8.65. The van der Waals surface area contributed by atoms with Crippen LogP contribution in [0.5, 0.6) is 0 Å². The van der Waals surface area contributed by atoms with Gasteiger partial charge in [-0.1, -0.05) is 46.5 Å². The maximum absolute atomic E-state index is 12.5. The van der Waals surface area contributed by atoms with Gasteiger partial charge in [0.25, 0.3) is 0 Å². The number of carbonyl (C=O) groups is 1. The van der Waals surface area contributed by atoms with E-state index in [0.29, 0.717) is 23.8 Å². The number of rotatable bonds is 3. The van der Waals surface area contributed by atoms with Gasteiger partial charge in [0, 0.05) is 6.04 Å². The molecule has 0 aromatic carbocycles. The van der Waals surface area contributed by atoms with Crippen LogP contribution in [-0.2, 0) is 4.79 Å². The second-order valence-corrected chi connectivity index (χ2v) is 6.22. The quantitative estimate of drug-likeness (QED) is 0.783. The molecule has 2 aliphatic rings. The SMILES string of the molecule is CCC(C)C1NCN(C2CCCCCC2C)C1=O. The highest BCUT2D eigenvalue weighted by atomic mass is 16.2. The van der Waals surface area contributed by atoms with E-state index >= 15 is 0 Å². The Kier molecular flexibility index (Phi) is 4.66. The Balaban J connectivity index is 2.03. The average Bonchev–Trinajstić information content (AvgIpc) is 2.61. The number of carbonyl (C=O) groups excluding carboxylic acids is 1. The van der Waals surface area contributed by atoms with Gasteiger partial charge < -0.3 is 4.90 Å². The van der Waals surface area contributed by atoms with Crippen LogP contribution in [0.2, 0.25) is 0 Å². The van der Waals surface area contributed by atoms with Crippen molar-refractivity contribution in [3.8, 4) is 0 Å². The standard InChI is InChI=1S/C15H28N2O/c1-4-11(2)14-15(18)17(10-16-14)13-9-7-5-6-8-12(13)3/h11-14,16H,4-10H2,1-3H3. The fraction of sp³-hybridized carbons (Fsp3) is 0.933. The van der Waals surface area contributed by atoms with Crippen molar-refractivity contribution < 1.29 is 4.79 Å². The molecule has 104 valence electrons. The summed E-state index contributed by atoms with van der Waals surface area (Å²) in [6.45, 7) is 7.43. The predicted octanol–water partition coefficient (Wildman–Crippen LogP) is 2.76. The molecule has 0 bridgehead atoms. The summed E-state index contributed by atoms with van der Waals surface area (Å²) >= 11 is 0. The molecule has 1 saturated heterocycles. The van der Waals surface area contributed by atoms with Crippen molar-refractivity contribution in [3.63, 3.8) is 0 Å². The third-order valence-electron chi connectivity index (χ3n) is 4.96. The largest absolute Gasteiger partial charge is 0.325 e. The van der Waals surface area contributed by atoms with Crippen LogP contribution < -0.4 is 5.32 Å². The molecule has 2 fully saturated rings. The fourth-order valence-electron chi connectivity index (χ4n) is 3.44. The first-order valence-electron chi connectivity index (χ1n) is 7.69. The Morgan fingerprint density at radius 1 is 1.33 bits per heavy atom. The zero-order valence-electron chi connectivity index (χ0n) is 12.1. The average molecular weight is 252 g/mol. The van der Waals surface area contributed by atoms with Crippen LogP contribution in [0.25, 0.3) is 0 Å². The van der Waals surface area contributed by atoms with E-state index in [4.69, 9.17) is 0 Å². The van der Waals surface area contributed by atoms with Gasteiger partial charge in [0.2, 0.25) is 5.91 Å². The Labute approximate surface area is 111 Å². The van der Waals surface area contributed by atoms with Crippen molar-refractivity contribution in [2.24, 2.45) is 11.8 Å². The normalized spacial score (nSPS) is 35.6. The van der Waals surface area contributed by atoms with E-state index in [1.54, 1.807) is 0 Å². The molecule has 1 heterocycles. The molecule has 2 rings (SSSR count). The van der Waals surface area contributed by atoms with Crippen LogP contribution in [-0.4, -0.2) is 29.6 Å². The van der Waals surface area contributed by atoms with E-state index in [-0.39, 0.29) is 6.04 Å². The Bertz CT molecular complexity index is 292. The van der Waals surface area contributed by atoms with Crippen molar-refractivity contribution in [1.82, 2.24) is 10.2 Å². The number of hydrogen-bond acceptors (Lipinski definition) is 2. The van der Waals surface area contributed by atoms with Gasteiger partial charge in [0.15, 0.2) is 0 Å². The molecule has 1 amide bonds. The van der Waals surface area contributed by atoms with Gasteiger partial charge in [-0.05, 0) is 24.7 Å². The van der Waals surface area contributed by atoms with Crippen LogP contribution in [0, 0.1) is 11.8 Å². The minimum atomic E-state index is 0.0606. The molecular weight excluding hydrogens is 224 g/mol. The fourth-order valence-corrected chi connectivity index (χ4v) is 3.44. The lowest BCUT2D eigenvalue weighted by atomic mass is 9.94. The summed E-state index contributed by atoms with van der Waals surface area (Å²) in [6, 6.07) is 0.534. The maximum atomic E-state index is 12.5. The third kappa shape index (κ3) is 2.71. The summed E-state index contributed by atoms with van der Waals surface area (Å²) in [5, 5.41) is 3.42. The minimum absolute atomic E-state index is 0.0606. The minimum Gasteiger partial charge on any atom is -0.325 e. The predicted molar refractivity (Wildman–Crippen MR) is 74.1 cm³/mol. The number of nitrogens with one attached hydrogen (secondary N) is 1. The molecule has 0 spiro atoms. The zero-order chi connectivity index (χ0) is 13.1. The molecule has 4 unspecified atom stereocenters. The molecule has 3 nitrogen and oxygen atoms in total. The molecule has 1 aliphatic heterocycles. The highest BCUT2D eigenvalue weighted by Gasteiger charge is 2.39. The van der Waals surface area contributed by atoms with Crippen LogP contribution >= 0.6 is 0 Å². The van der Waals surface area contributed by atoms with Gasteiger partial charge >= 0.3 is 0 Å². The summed E-state index contributed by atoms with van der Waals surface area (Å²) in [4.78, 5) is 14.7. The third-order valence-corrected chi connectivity index (χ3v) is 4.96. The van der Waals surface area contributed by atoms with Crippen molar-refractivity contribution in [3.05, 3.63) is 0 Å². The lowest BCUT2D eigenvalue weighted by molar-refractivity contribution is -0.132. The molecule has 0 radical (unpaired) electrons. The van der Waals surface area contributed by atoms with Gasteiger partial charge in [0.05, 0.1) is 12.7 Å². The first-order valence-corrected chi connectivity index (χ1v) is 7.69. The van der Waals surface area contributed by atoms with Crippen LogP contribution in [0.4, 0.5) is 0 Å². The van der Waals surface area contributed by atoms with E-state index in [2.05, 4.69) is 31.0 Å². The van der Waals surface area contributed by atoms with Crippen molar-refractivity contribution >= 4 is 5.91 Å². The summed E-state index contributed by atoms with van der Waals surface area (Å²) in [7, 11) is 0. The molecule has 1 N–H and O–H groups in total. The summed E-state index contributed by atoms with van der Waals surface area (Å²) in [5.41, 5.74) is 0. The molecule has 1 saturated carbocycles. The number of hydrogen-bond donors (Lipinski definition) is 1. The van der Waals surface area contributed by atoms with Crippen molar-refractivity contribution in [2.75, 3.05) is 6.67 Å². The van der Waals surface area contributed by atoms with E-state index < -0.39 is 0 Å². The molecule has 0 aromatic heterocycles. The van der Waals surface area contributed by atoms with E-state index in [0.717, 1.165) is 13.1 Å². The second kappa shape index (κ2) is 6.05. The lowest BCUT2D eigenvalue weighted by Gasteiger charge is -2.31. The Morgan fingerprint density at radius 2 is 2.06 bits per heavy atom. The van der Waals surface area contributed by atoms with Gasteiger partial charge in [-0.2, -0.15) is 0 Å². The smallest absolute Gasteiger partial charge is 0.241 e. The number of nitrogens with zero attached hydrogens (tertiary/aromatic N) is 1. The maximum Gasteiger partial charge on any atom is 0.241 e. The van der Waals surface area contributed by atoms with Gasteiger partial charge in [-0.15, -0.1) is 0 Å². The molecule has 0 aromatic rings. The second-order valence-electron chi connectivity index (χ2n) is 6.22. The lowest BCUT2D eigenvalue weighted by Crippen LogP contribution is -2.43. The molecular formula is C15H28N2O. The monoisotopic (exact) mass is 252 g/mol. The van der Waals surface area contributed by atoms with Crippen molar-refractivity contribution in [1.29, 1.82) is 0 Å². The highest BCUT2D eigenvalue weighted by Crippen LogP contribution is 2.29. The number of amides is 1. The van der Waals surface area contributed by atoms with E-state index in [1.807, 2.05) is 0 Å². The topological polar surface area (TPSA) is 32.3 Å². The summed E-state index contributed by atoms with van der Waals surface area (Å²) in [5.74, 6) is 1.46. The first kappa shape index (κ1) is 13.9. The van der Waals surface area contributed by atoms with Crippen molar-refractivity contribution in [2.45, 2.75) is 71.4 Å². The van der Waals surface area contributed by atoms with Gasteiger partial charge in [-0.25, -0.2) is 0 Å². The molecule has 3 heteroatoms. The van der Waals surface area contributed by atoms with E-state index in [1.165, 1.54) is 32.1 Å². The van der Waals surface area contributed by atoms with Crippen LogP contribution in [0.15, 0.2) is 0 Å². The molecule has 1 aliphatic carbocycles. The van der Waals surface area contributed by atoms with E-state index in [9.17, 15) is 4.79 Å². The summed E-state index contributed by atoms with van der Waals surface area (Å²) in [6.07, 6.45) is 7.50. The Hall–Kier alpha value is -0.570. The van der Waals surface area contributed by atoms with Crippen LogP contribution in [0.1, 0.15) is 59.3 Å². The van der Waals surface area contributed by atoms with Gasteiger partial charge in [-0.3, -0.25) is 10.1 Å². The Morgan fingerprint density at radius 3 is 2.78 bits per heavy atom. The zero-order valence-corrected chi connectivity index (χ0v) is 12.1. The summed E-state index contributed by atoms with van der Waals surface area (Å²) < 4.78 is 0. The molecule has 4 atom stereocenters. The highest BCUT2D eigenvalue weighted by molar-refractivity contribution is 5.84. The van der Waals surface area contributed by atoms with Gasteiger partial charge in [0.1, 0.15) is 0 Å².